The smallest absolute Gasteiger partial charge is 0.325 e. The van der Waals surface area contributed by atoms with Crippen LogP contribution in [0.15, 0.2) is 0 Å². The molecule has 1 aliphatic carbocycles. The highest BCUT2D eigenvalue weighted by atomic mass is 32.2. The maximum atomic E-state index is 13.0. The van der Waals surface area contributed by atoms with Gasteiger partial charge in [-0.05, 0) is 32.6 Å². The van der Waals surface area contributed by atoms with Gasteiger partial charge in [0.05, 0.1) is 11.5 Å². The lowest BCUT2D eigenvalue weighted by Gasteiger charge is -2.35. The predicted octanol–water partition coefficient (Wildman–Crippen LogP) is 1.06. The molecule has 9 heteroatoms. The van der Waals surface area contributed by atoms with Crippen LogP contribution < -0.4 is 5.32 Å². The molecule has 1 saturated carbocycles. The normalized spacial score (nSPS) is 27.6. The van der Waals surface area contributed by atoms with Crippen LogP contribution in [0.25, 0.3) is 0 Å². The first-order chi connectivity index (χ1) is 12.7. The fourth-order valence-corrected chi connectivity index (χ4v) is 6.24. The van der Waals surface area contributed by atoms with Crippen LogP contribution in [0.2, 0.25) is 0 Å². The molecule has 0 unspecified atom stereocenters. The maximum Gasteiger partial charge on any atom is 0.325 e. The van der Waals surface area contributed by atoms with Gasteiger partial charge in [-0.1, -0.05) is 26.2 Å². The highest BCUT2D eigenvalue weighted by molar-refractivity contribution is 7.91. The summed E-state index contributed by atoms with van der Waals surface area (Å²) in [5.41, 5.74) is -0.854. The predicted molar refractivity (Wildman–Crippen MR) is 99.7 cm³/mol. The van der Waals surface area contributed by atoms with E-state index in [2.05, 4.69) is 5.32 Å². The molecule has 1 N–H and O–H groups in total. The van der Waals surface area contributed by atoms with E-state index in [-0.39, 0.29) is 41.9 Å². The van der Waals surface area contributed by atoms with Crippen molar-refractivity contribution in [3.63, 3.8) is 0 Å². The Kier molecular flexibility index (Phi) is 5.52. The molecule has 0 radical (unpaired) electrons. The third kappa shape index (κ3) is 3.83. The average Bonchev–Trinajstić information content (AvgIpc) is 3.08. The molecule has 0 aromatic heterocycles. The van der Waals surface area contributed by atoms with Crippen molar-refractivity contribution in [3.05, 3.63) is 0 Å². The minimum absolute atomic E-state index is 0.0485. The van der Waals surface area contributed by atoms with E-state index in [0.29, 0.717) is 25.7 Å². The number of urea groups is 1. The van der Waals surface area contributed by atoms with Crippen LogP contribution in [-0.4, -0.2) is 71.7 Å². The number of hydrogen-bond donors (Lipinski definition) is 1. The Balaban J connectivity index is 1.75. The fraction of sp³-hybridized carbons (Fsp3) is 0.833. The third-order valence-corrected chi connectivity index (χ3v) is 7.95. The summed E-state index contributed by atoms with van der Waals surface area (Å²) in [5.74, 6) is -0.649. The van der Waals surface area contributed by atoms with Gasteiger partial charge in [-0.3, -0.25) is 14.5 Å². The number of rotatable bonds is 5. The first kappa shape index (κ1) is 20.1. The standard InChI is InChI=1S/C18H29N3O5S/c1-3-13(2)21(14-7-10-27(25,26)12-14)15(22)11-20-16(23)18(19-17(20)24)8-5-4-6-9-18/h13-14H,3-12H2,1-2H3,(H,19,24)/t13-,14-/m0/s1. The van der Waals surface area contributed by atoms with E-state index in [1.54, 1.807) is 4.90 Å². The lowest BCUT2D eigenvalue weighted by atomic mass is 9.82. The van der Waals surface area contributed by atoms with E-state index >= 15 is 0 Å². The number of imide groups is 1. The molecular formula is C18H29N3O5S. The summed E-state index contributed by atoms with van der Waals surface area (Å²) in [7, 11) is -3.14. The molecule has 3 rings (SSSR count). The molecule has 2 aliphatic heterocycles. The van der Waals surface area contributed by atoms with Crippen LogP contribution in [0.3, 0.4) is 0 Å². The minimum atomic E-state index is -3.14. The van der Waals surface area contributed by atoms with E-state index < -0.39 is 21.4 Å². The number of carbonyl (C=O) groups excluding carboxylic acids is 3. The van der Waals surface area contributed by atoms with Crippen molar-refractivity contribution >= 4 is 27.7 Å². The van der Waals surface area contributed by atoms with Crippen molar-refractivity contribution < 1.29 is 22.8 Å². The second kappa shape index (κ2) is 7.41. The highest BCUT2D eigenvalue weighted by Gasteiger charge is 2.52. The van der Waals surface area contributed by atoms with Gasteiger partial charge < -0.3 is 10.2 Å². The quantitative estimate of drug-likeness (QED) is 0.696. The summed E-state index contributed by atoms with van der Waals surface area (Å²) in [5, 5.41) is 2.81. The number of amides is 4. The van der Waals surface area contributed by atoms with Crippen molar-refractivity contribution in [1.29, 1.82) is 0 Å². The molecule has 0 aromatic rings. The molecular weight excluding hydrogens is 370 g/mol. The van der Waals surface area contributed by atoms with Crippen molar-refractivity contribution in [2.75, 3.05) is 18.1 Å². The van der Waals surface area contributed by atoms with E-state index in [0.717, 1.165) is 24.2 Å². The molecule has 8 nitrogen and oxygen atoms in total. The molecule has 3 aliphatic rings. The maximum absolute atomic E-state index is 13.0. The molecule has 1 spiro atoms. The number of nitrogens with zero attached hydrogens (tertiary/aromatic N) is 2. The average molecular weight is 400 g/mol. The Bertz CT molecular complexity index is 729. The zero-order valence-electron chi connectivity index (χ0n) is 16.1. The van der Waals surface area contributed by atoms with E-state index in [1.807, 2.05) is 13.8 Å². The lowest BCUT2D eigenvalue weighted by Crippen LogP contribution is -2.52. The summed E-state index contributed by atoms with van der Waals surface area (Å²) in [6, 6.07) is -1.06. The van der Waals surface area contributed by atoms with Crippen molar-refractivity contribution in [2.24, 2.45) is 0 Å². The van der Waals surface area contributed by atoms with Gasteiger partial charge in [0.1, 0.15) is 12.1 Å². The first-order valence-corrected chi connectivity index (χ1v) is 11.7. The van der Waals surface area contributed by atoms with E-state index in [4.69, 9.17) is 0 Å². The topological polar surface area (TPSA) is 104 Å². The molecule has 2 saturated heterocycles. The molecule has 2 heterocycles. The Morgan fingerprint density at radius 1 is 1.30 bits per heavy atom. The van der Waals surface area contributed by atoms with Gasteiger partial charge >= 0.3 is 6.03 Å². The van der Waals surface area contributed by atoms with Crippen molar-refractivity contribution in [1.82, 2.24) is 15.1 Å². The fourth-order valence-electron chi connectivity index (χ4n) is 4.53. The Morgan fingerprint density at radius 2 is 1.96 bits per heavy atom. The molecule has 4 amide bonds. The summed E-state index contributed by atoms with van der Waals surface area (Å²) in [6.45, 7) is 3.48. The molecule has 0 aromatic carbocycles. The molecule has 3 fully saturated rings. The van der Waals surface area contributed by atoms with Gasteiger partial charge in [-0.15, -0.1) is 0 Å². The zero-order valence-corrected chi connectivity index (χ0v) is 16.9. The van der Waals surface area contributed by atoms with Gasteiger partial charge in [-0.25, -0.2) is 13.2 Å². The van der Waals surface area contributed by atoms with Crippen molar-refractivity contribution in [3.8, 4) is 0 Å². The second-order valence-corrected chi connectivity index (χ2v) is 10.3. The van der Waals surface area contributed by atoms with Gasteiger partial charge in [-0.2, -0.15) is 0 Å². The summed E-state index contributed by atoms with van der Waals surface area (Å²) in [4.78, 5) is 40.9. The van der Waals surface area contributed by atoms with Gasteiger partial charge in [0.2, 0.25) is 5.91 Å². The minimum Gasteiger partial charge on any atom is -0.334 e. The molecule has 2 atom stereocenters. The van der Waals surface area contributed by atoms with Crippen LogP contribution in [0.1, 0.15) is 58.8 Å². The van der Waals surface area contributed by atoms with Gasteiger partial charge in [0.15, 0.2) is 9.84 Å². The largest absolute Gasteiger partial charge is 0.334 e. The van der Waals surface area contributed by atoms with Crippen LogP contribution in [0, 0.1) is 0 Å². The second-order valence-electron chi connectivity index (χ2n) is 8.08. The Hall–Kier alpha value is -1.64. The Morgan fingerprint density at radius 3 is 2.52 bits per heavy atom. The van der Waals surface area contributed by atoms with Gasteiger partial charge in [0.25, 0.3) is 5.91 Å². The number of hydrogen-bond acceptors (Lipinski definition) is 5. The van der Waals surface area contributed by atoms with Crippen LogP contribution in [-0.2, 0) is 19.4 Å². The SMILES string of the molecule is CC[C@H](C)N(C(=O)CN1C(=O)NC2(CCCCC2)C1=O)[C@H]1CCS(=O)(=O)C1. The van der Waals surface area contributed by atoms with Crippen LogP contribution in [0.4, 0.5) is 4.79 Å². The first-order valence-electron chi connectivity index (χ1n) is 9.85. The molecule has 27 heavy (non-hydrogen) atoms. The zero-order chi connectivity index (χ0) is 19.8. The van der Waals surface area contributed by atoms with E-state index in [1.165, 1.54) is 0 Å². The molecule has 0 bridgehead atoms. The van der Waals surface area contributed by atoms with Gasteiger partial charge in [0, 0.05) is 12.1 Å². The lowest BCUT2D eigenvalue weighted by molar-refractivity contribution is -0.142. The van der Waals surface area contributed by atoms with E-state index in [9.17, 15) is 22.8 Å². The third-order valence-electron chi connectivity index (χ3n) is 6.20. The van der Waals surface area contributed by atoms with Crippen LogP contribution >= 0.6 is 0 Å². The van der Waals surface area contributed by atoms with Crippen molar-refractivity contribution in [2.45, 2.75) is 76.4 Å². The number of carbonyl (C=O) groups is 3. The van der Waals surface area contributed by atoms with Crippen LogP contribution in [0.5, 0.6) is 0 Å². The highest BCUT2D eigenvalue weighted by Crippen LogP contribution is 2.33. The summed E-state index contributed by atoms with van der Waals surface area (Å²) < 4.78 is 23.7. The monoisotopic (exact) mass is 399 g/mol. The number of sulfone groups is 1. The summed E-state index contributed by atoms with van der Waals surface area (Å²) in [6.07, 6.45) is 5.10. The Labute approximate surface area is 160 Å². The summed E-state index contributed by atoms with van der Waals surface area (Å²) >= 11 is 0. The number of nitrogens with one attached hydrogen (secondary N) is 1. The molecule has 152 valence electrons.